The van der Waals surface area contributed by atoms with Crippen LogP contribution in [0.25, 0.3) is 11.5 Å². The lowest BCUT2D eigenvalue weighted by molar-refractivity contribution is 0.475. The van der Waals surface area contributed by atoms with Crippen LogP contribution in [-0.4, -0.2) is 14.9 Å². The van der Waals surface area contributed by atoms with Gasteiger partial charge in [0, 0.05) is 12.6 Å². The van der Waals surface area contributed by atoms with Gasteiger partial charge in [0.25, 0.3) is 0 Å². The predicted molar refractivity (Wildman–Crippen MR) is 48.8 cm³/mol. The average molecular weight is 192 g/mol. The van der Waals surface area contributed by atoms with E-state index in [0.29, 0.717) is 5.56 Å². The molecule has 72 valence electrons. The Hall–Kier alpha value is -2.04. The fourth-order valence-corrected chi connectivity index (χ4v) is 1.07. The number of phenols is 1. The molecule has 5 nitrogen and oxygen atoms in total. The van der Waals surface area contributed by atoms with Gasteiger partial charge in [-0.1, -0.05) is 0 Å². The number of aromatic nitrogens is 2. The largest absolute Gasteiger partial charge is 0.508 e. The summed E-state index contributed by atoms with van der Waals surface area (Å²) in [5.74, 6) is -0.0994. The van der Waals surface area contributed by atoms with E-state index in [1.54, 1.807) is 12.1 Å². The van der Waals surface area contributed by atoms with E-state index in [1.807, 2.05) is 0 Å². The molecule has 0 radical (unpaired) electrons. The van der Waals surface area contributed by atoms with E-state index >= 15 is 0 Å². The Bertz CT molecular complexity index is 496. The van der Waals surface area contributed by atoms with Gasteiger partial charge in [-0.05, 0) is 24.3 Å². The van der Waals surface area contributed by atoms with Crippen molar-refractivity contribution in [1.82, 2.24) is 9.78 Å². The minimum absolute atomic E-state index is 0.159. The molecule has 5 heteroatoms. The summed E-state index contributed by atoms with van der Waals surface area (Å²) in [5.41, 5.74) is 0.653. The van der Waals surface area contributed by atoms with E-state index in [2.05, 4.69) is 5.10 Å². The fourth-order valence-electron chi connectivity index (χ4n) is 1.07. The molecule has 0 aliphatic heterocycles. The van der Waals surface area contributed by atoms with Crippen LogP contribution in [0.2, 0.25) is 0 Å². The normalized spacial score (nSPS) is 10.4. The molecule has 2 aromatic rings. The SMILES string of the molecule is Cn1nc(-c2ccc(O)cc2)oc1=O. The molecule has 0 atom stereocenters. The molecule has 0 bridgehead atoms. The maximum Gasteiger partial charge on any atom is 0.437 e. The van der Waals surface area contributed by atoms with Crippen molar-refractivity contribution in [3.05, 3.63) is 34.8 Å². The highest BCUT2D eigenvalue weighted by atomic mass is 16.4. The van der Waals surface area contributed by atoms with Crippen molar-refractivity contribution in [3.63, 3.8) is 0 Å². The van der Waals surface area contributed by atoms with Gasteiger partial charge in [0.05, 0.1) is 0 Å². The topological polar surface area (TPSA) is 68.3 Å². The van der Waals surface area contributed by atoms with Crippen LogP contribution >= 0.6 is 0 Å². The standard InChI is InChI=1S/C9H8N2O3/c1-11-9(13)14-8(10-11)6-2-4-7(12)5-3-6/h2-5,12H,1H3. The zero-order chi connectivity index (χ0) is 10.1. The molecule has 0 saturated heterocycles. The lowest BCUT2D eigenvalue weighted by atomic mass is 10.2. The Morgan fingerprint density at radius 1 is 1.36 bits per heavy atom. The van der Waals surface area contributed by atoms with E-state index < -0.39 is 5.76 Å². The van der Waals surface area contributed by atoms with Gasteiger partial charge in [-0.15, -0.1) is 5.10 Å². The molecule has 0 aliphatic carbocycles. The van der Waals surface area contributed by atoms with E-state index in [1.165, 1.54) is 19.2 Å². The van der Waals surface area contributed by atoms with Gasteiger partial charge in [-0.2, -0.15) is 4.68 Å². The van der Waals surface area contributed by atoms with Crippen LogP contribution in [-0.2, 0) is 7.05 Å². The zero-order valence-electron chi connectivity index (χ0n) is 7.47. The van der Waals surface area contributed by atoms with Crippen LogP contribution in [0.4, 0.5) is 0 Å². The van der Waals surface area contributed by atoms with E-state index in [-0.39, 0.29) is 11.6 Å². The quantitative estimate of drug-likeness (QED) is 0.723. The first-order chi connectivity index (χ1) is 6.66. The number of benzene rings is 1. The highest BCUT2D eigenvalue weighted by molar-refractivity contribution is 5.53. The Labute approximate surface area is 79.2 Å². The monoisotopic (exact) mass is 192 g/mol. The maximum absolute atomic E-state index is 11.0. The molecule has 0 fully saturated rings. The van der Waals surface area contributed by atoms with Gasteiger partial charge in [0.15, 0.2) is 0 Å². The second-order valence-electron chi connectivity index (χ2n) is 2.84. The van der Waals surface area contributed by atoms with Crippen molar-refractivity contribution in [3.8, 4) is 17.2 Å². The molecule has 1 aromatic carbocycles. The highest BCUT2D eigenvalue weighted by Crippen LogP contribution is 2.18. The molecule has 1 aromatic heterocycles. The van der Waals surface area contributed by atoms with Gasteiger partial charge in [-0.25, -0.2) is 4.79 Å². The van der Waals surface area contributed by atoms with Crippen molar-refractivity contribution in [2.75, 3.05) is 0 Å². The number of hydrogen-bond donors (Lipinski definition) is 1. The zero-order valence-corrected chi connectivity index (χ0v) is 7.47. The molecule has 1 heterocycles. The maximum atomic E-state index is 11.0. The summed E-state index contributed by atoms with van der Waals surface area (Å²) < 4.78 is 5.97. The van der Waals surface area contributed by atoms with Crippen LogP contribution < -0.4 is 5.76 Å². The Kier molecular flexibility index (Phi) is 1.85. The molecule has 0 saturated carbocycles. The number of rotatable bonds is 1. The van der Waals surface area contributed by atoms with Crippen LogP contribution in [0.3, 0.4) is 0 Å². The van der Waals surface area contributed by atoms with Crippen LogP contribution in [0.1, 0.15) is 0 Å². The van der Waals surface area contributed by atoms with Gasteiger partial charge in [0.1, 0.15) is 5.75 Å². The minimum atomic E-state index is -0.506. The van der Waals surface area contributed by atoms with Crippen molar-refractivity contribution in [1.29, 1.82) is 0 Å². The van der Waals surface area contributed by atoms with Gasteiger partial charge >= 0.3 is 5.76 Å². The molecular weight excluding hydrogens is 184 g/mol. The summed E-state index contributed by atoms with van der Waals surface area (Å²) in [6.07, 6.45) is 0. The fraction of sp³-hybridized carbons (Fsp3) is 0.111. The van der Waals surface area contributed by atoms with E-state index in [9.17, 15) is 4.79 Å². The third-order valence-electron chi connectivity index (χ3n) is 1.80. The predicted octanol–water partition coefficient (Wildman–Crippen LogP) is 0.746. The van der Waals surface area contributed by atoms with Gasteiger partial charge < -0.3 is 9.52 Å². The molecule has 1 N–H and O–H groups in total. The average Bonchev–Trinajstić information content (AvgIpc) is 2.48. The minimum Gasteiger partial charge on any atom is -0.508 e. The van der Waals surface area contributed by atoms with Gasteiger partial charge in [0.2, 0.25) is 5.89 Å². The summed E-state index contributed by atoms with van der Waals surface area (Å²) in [5, 5.41) is 12.9. The lowest BCUT2D eigenvalue weighted by Gasteiger charge is -1.93. The number of aryl methyl sites for hydroxylation is 1. The molecular formula is C9H8N2O3. The number of aromatic hydroxyl groups is 1. The summed E-state index contributed by atoms with van der Waals surface area (Å²) in [6, 6.07) is 6.26. The number of phenolic OH excluding ortho intramolecular Hbond substituents is 1. The summed E-state index contributed by atoms with van der Waals surface area (Å²) in [4.78, 5) is 11.0. The van der Waals surface area contributed by atoms with Crippen LogP contribution in [0.5, 0.6) is 5.75 Å². The third kappa shape index (κ3) is 1.39. The van der Waals surface area contributed by atoms with Crippen LogP contribution in [0, 0.1) is 0 Å². The smallest absolute Gasteiger partial charge is 0.437 e. The van der Waals surface area contributed by atoms with Crippen molar-refractivity contribution in [2.24, 2.45) is 7.05 Å². The van der Waals surface area contributed by atoms with E-state index in [4.69, 9.17) is 9.52 Å². The molecule has 2 rings (SSSR count). The first-order valence-electron chi connectivity index (χ1n) is 4.00. The van der Waals surface area contributed by atoms with Crippen molar-refractivity contribution in [2.45, 2.75) is 0 Å². The Balaban J connectivity index is 2.49. The molecule has 0 amide bonds. The number of nitrogens with zero attached hydrogens (tertiary/aromatic N) is 2. The summed E-state index contributed by atoms with van der Waals surface area (Å²) in [7, 11) is 1.51. The molecule has 14 heavy (non-hydrogen) atoms. The Morgan fingerprint density at radius 3 is 2.50 bits per heavy atom. The van der Waals surface area contributed by atoms with Gasteiger partial charge in [-0.3, -0.25) is 0 Å². The molecule has 0 aliphatic rings. The molecule has 0 unspecified atom stereocenters. The van der Waals surface area contributed by atoms with Crippen molar-refractivity contribution < 1.29 is 9.52 Å². The van der Waals surface area contributed by atoms with Crippen molar-refractivity contribution >= 4 is 0 Å². The number of hydrogen-bond acceptors (Lipinski definition) is 4. The second kappa shape index (κ2) is 3.02. The first-order valence-corrected chi connectivity index (χ1v) is 4.00. The first kappa shape index (κ1) is 8.55. The van der Waals surface area contributed by atoms with Crippen LogP contribution in [0.15, 0.2) is 33.5 Å². The van der Waals surface area contributed by atoms with E-state index in [0.717, 1.165) is 4.68 Å². The second-order valence-corrected chi connectivity index (χ2v) is 2.84. The molecule has 0 spiro atoms. The summed E-state index contributed by atoms with van der Waals surface area (Å²) in [6.45, 7) is 0. The summed E-state index contributed by atoms with van der Waals surface area (Å²) >= 11 is 0. The Morgan fingerprint density at radius 2 is 2.00 bits per heavy atom. The highest BCUT2D eigenvalue weighted by Gasteiger charge is 2.06. The third-order valence-corrected chi connectivity index (χ3v) is 1.80. The lowest BCUT2D eigenvalue weighted by Crippen LogP contribution is -2.09.